The Morgan fingerprint density at radius 2 is 1.90 bits per heavy atom. The van der Waals surface area contributed by atoms with Crippen molar-refractivity contribution in [3.63, 3.8) is 0 Å². The van der Waals surface area contributed by atoms with Crippen molar-refractivity contribution in [2.75, 3.05) is 18.6 Å². The molecule has 0 fully saturated rings. The smallest absolute Gasteiger partial charge is 0.297 e. The number of hydrogen-bond acceptors (Lipinski definition) is 7. The lowest BCUT2D eigenvalue weighted by molar-refractivity contribution is -0.139. The first-order chi connectivity index (χ1) is 19.9. The number of aliphatic hydroxyl groups excluding tert-OH is 1. The Hall–Kier alpha value is -4.54. The van der Waals surface area contributed by atoms with Crippen molar-refractivity contribution in [1.82, 2.24) is 19.6 Å². The second-order valence-electron chi connectivity index (χ2n) is 10.0. The first-order valence-corrected chi connectivity index (χ1v) is 13.5. The van der Waals surface area contributed by atoms with Crippen molar-refractivity contribution in [2.24, 2.45) is 5.92 Å². The Morgan fingerprint density at radius 3 is 2.66 bits per heavy atom. The largest absolute Gasteiger partial charge is 0.491 e. The van der Waals surface area contributed by atoms with Crippen molar-refractivity contribution in [2.45, 2.75) is 38.5 Å². The van der Waals surface area contributed by atoms with Crippen LogP contribution in [-0.2, 0) is 29.9 Å². The Kier molecular flexibility index (Phi) is 8.14. The lowest BCUT2D eigenvalue weighted by atomic mass is 9.82. The lowest BCUT2D eigenvalue weighted by Crippen LogP contribution is -2.44. The number of methoxy groups -OCH3 is 1. The zero-order valence-corrected chi connectivity index (χ0v) is 23.1. The third-order valence-electron chi connectivity index (χ3n) is 7.41. The lowest BCUT2D eigenvalue weighted by Gasteiger charge is -2.28. The molecule has 0 saturated carbocycles. The molecule has 4 aromatic rings. The highest BCUT2D eigenvalue weighted by molar-refractivity contribution is 6.07. The van der Waals surface area contributed by atoms with E-state index in [0.29, 0.717) is 42.9 Å². The van der Waals surface area contributed by atoms with Crippen LogP contribution in [0.1, 0.15) is 30.2 Å². The van der Waals surface area contributed by atoms with E-state index in [2.05, 4.69) is 10.3 Å². The van der Waals surface area contributed by atoms with Gasteiger partial charge in [0, 0.05) is 49.1 Å². The summed E-state index contributed by atoms with van der Waals surface area (Å²) in [6, 6.07) is 18.2. The summed E-state index contributed by atoms with van der Waals surface area (Å²) in [6.45, 7) is 2.68. The Morgan fingerprint density at radius 1 is 1.10 bits per heavy atom. The standard InChI is InChI=1S/C31H33N5O5/c1-22(9-6-7-16-34-21-24(15-18-37)32-33-34)31(40)26-19-25(35-17-8-12-28(41-2)29(35)38)13-14-27(26)36(30(31)39)20-23-10-4-3-5-11-23/h3-6,8-14,17,19,21-22,37,40H,7,15-16,18,20H2,1-2H3/b9-6+/t22-,31+/m1/s1. The van der Waals surface area contributed by atoms with Crippen LogP contribution in [0.2, 0.25) is 0 Å². The summed E-state index contributed by atoms with van der Waals surface area (Å²) < 4.78 is 8.34. The number of nitrogens with zero attached hydrogens (tertiary/aromatic N) is 5. The maximum atomic E-state index is 14.0. The number of aliphatic hydroxyl groups is 2. The number of aromatic nitrogens is 4. The fourth-order valence-electron chi connectivity index (χ4n) is 5.16. The number of pyridine rings is 1. The first-order valence-electron chi connectivity index (χ1n) is 13.5. The minimum absolute atomic E-state index is 0.0135. The Bertz CT molecular complexity index is 1610. The number of allylic oxidation sites excluding steroid dienone is 1. The summed E-state index contributed by atoms with van der Waals surface area (Å²) in [6.07, 6.45) is 8.23. The number of ether oxygens (including phenoxy) is 1. The molecule has 212 valence electrons. The summed E-state index contributed by atoms with van der Waals surface area (Å²) in [5.74, 6) is -0.807. The van der Waals surface area contributed by atoms with Gasteiger partial charge in [0.05, 0.1) is 25.0 Å². The second-order valence-corrected chi connectivity index (χ2v) is 10.0. The van der Waals surface area contributed by atoms with E-state index in [4.69, 9.17) is 9.84 Å². The molecule has 0 spiro atoms. The summed E-state index contributed by atoms with van der Waals surface area (Å²) in [5.41, 5.74) is 1.01. The van der Waals surface area contributed by atoms with Gasteiger partial charge in [0.25, 0.3) is 11.5 Å². The third kappa shape index (κ3) is 5.44. The molecule has 10 nitrogen and oxygen atoms in total. The number of aryl methyl sites for hydroxylation is 1. The molecule has 0 radical (unpaired) electrons. The Balaban J connectivity index is 1.47. The molecule has 2 N–H and O–H groups in total. The molecule has 1 amide bonds. The van der Waals surface area contributed by atoms with E-state index in [0.717, 1.165) is 11.3 Å². The van der Waals surface area contributed by atoms with Crippen LogP contribution < -0.4 is 15.2 Å². The molecule has 10 heteroatoms. The first kappa shape index (κ1) is 28.0. The van der Waals surface area contributed by atoms with Crippen molar-refractivity contribution in [3.05, 3.63) is 112 Å². The molecule has 1 aliphatic heterocycles. The molecule has 0 bridgehead atoms. The highest BCUT2D eigenvalue weighted by Crippen LogP contribution is 2.46. The molecular formula is C31H33N5O5. The highest BCUT2D eigenvalue weighted by atomic mass is 16.5. The topological polar surface area (TPSA) is 123 Å². The monoisotopic (exact) mass is 555 g/mol. The normalized spacial score (nSPS) is 17.3. The van der Waals surface area contributed by atoms with Crippen LogP contribution in [-0.4, -0.2) is 49.4 Å². The van der Waals surface area contributed by atoms with Gasteiger partial charge in [-0.15, -0.1) is 5.10 Å². The molecule has 0 unspecified atom stereocenters. The van der Waals surface area contributed by atoms with Crippen molar-refractivity contribution in [3.8, 4) is 11.4 Å². The van der Waals surface area contributed by atoms with E-state index in [-0.39, 0.29) is 17.9 Å². The highest BCUT2D eigenvalue weighted by Gasteiger charge is 2.52. The van der Waals surface area contributed by atoms with E-state index in [1.807, 2.05) is 49.4 Å². The molecular weight excluding hydrogens is 522 g/mol. The predicted octanol–water partition coefficient (Wildman–Crippen LogP) is 2.99. The van der Waals surface area contributed by atoms with Gasteiger partial charge in [0.15, 0.2) is 11.4 Å². The van der Waals surface area contributed by atoms with Gasteiger partial charge in [-0.25, -0.2) is 0 Å². The molecule has 41 heavy (non-hydrogen) atoms. The third-order valence-corrected chi connectivity index (χ3v) is 7.41. The molecule has 5 rings (SSSR count). The molecule has 0 aliphatic carbocycles. The molecule has 3 heterocycles. The van der Waals surface area contributed by atoms with E-state index in [1.54, 1.807) is 52.3 Å². The summed E-state index contributed by atoms with van der Waals surface area (Å²) in [7, 11) is 1.44. The average molecular weight is 556 g/mol. The maximum Gasteiger partial charge on any atom is 0.297 e. The summed E-state index contributed by atoms with van der Waals surface area (Å²) in [5, 5.41) is 29.3. The Labute approximate surface area is 237 Å². The predicted molar refractivity (Wildman–Crippen MR) is 154 cm³/mol. The summed E-state index contributed by atoms with van der Waals surface area (Å²) >= 11 is 0. The molecule has 2 aromatic heterocycles. The van der Waals surface area contributed by atoms with Gasteiger partial charge in [-0.2, -0.15) is 0 Å². The van der Waals surface area contributed by atoms with Crippen LogP contribution in [0.3, 0.4) is 0 Å². The number of hydrogen-bond donors (Lipinski definition) is 2. The number of carbonyl (C=O) groups is 1. The van der Waals surface area contributed by atoms with Crippen LogP contribution >= 0.6 is 0 Å². The quantitative estimate of drug-likeness (QED) is 0.273. The van der Waals surface area contributed by atoms with Gasteiger partial charge in [0.2, 0.25) is 0 Å². The number of amides is 1. The van der Waals surface area contributed by atoms with E-state index in [9.17, 15) is 14.7 Å². The number of benzene rings is 2. The number of anilines is 1. The van der Waals surface area contributed by atoms with Crippen molar-refractivity contribution in [1.29, 1.82) is 0 Å². The van der Waals surface area contributed by atoms with Crippen molar-refractivity contribution < 1.29 is 19.7 Å². The molecule has 0 saturated heterocycles. The van der Waals surface area contributed by atoms with Crippen molar-refractivity contribution >= 4 is 11.6 Å². The van der Waals surface area contributed by atoms with E-state index < -0.39 is 17.4 Å². The van der Waals surface area contributed by atoms with Gasteiger partial charge in [-0.3, -0.25) is 18.8 Å². The van der Waals surface area contributed by atoms with Crippen LogP contribution in [0.25, 0.3) is 5.69 Å². The van der Waals surface area contributed by atoms with Gasteiger partial charge in [0.1, 0.15) is 0 Å². The zero-order chi connectivity index (χ0) is 29.0. The van der Waals surface area contributed by atoms with Crippen LogP contribution in [0.5, 0.6) is 5.75 Å². The van der Waals surface area contributed by atoms with E-state index >= 15 is 0 Å². The minimum Gasteiger partial charge on any atom is -0.491 e. The number of fused-ring (bicyclic) bond motifs is 1. The summed E-state index contributed by atoms with van der Waals surface area (Å²) in [4.78, 5) is 28.5. The molecule has 2 aromatic carbocycles. The molecule has 1 aliphatic rings. The SMILES string of the molecule is COc1cccn(-c2ccc3c(c2)[C@@](O)([C@H](C)/C=C/CCn2cc(CCO)nn2)C(=O)N3Cc2ccccc2)c1=O. The van der Waals surface area contributed by atoms with Gasteiger partial charge >= 0.3 is 0 Å². The van der Waals surface area contributed by atoms with Gasteiger partial charge in [-0.1, -0.05) is 54.6 Å². The average Bonchev–Trinajstić information content (AvgIpc) is 3.52. The minimum atomic E-state index is -1.85. The van der Waals surface area contributed by atoms with Gasteiger partial charge < -0.3 is 19.8 Å². The van der Waals surface area contributed by atoms with Crippen LogP contribution in [0.15, 0.2) is 90.0 Å². The number of rotatable bonds is 11. The maximum absolute atomic E-state index is 14.0. The zero-order valence-electron chi connectivity index (χ0n) is 23.1. The second kappa shape index (κ2) is 11.9. The fourth-order valence-corrected chi connectivity index (χ4v) is 5.16. The molecule has 2 atom stereocenters. The number of carbonyl (C=O) groups excluding carboxylic acids is 1. The fraction of sp³-hybridized carbons (Fsp3) is 0.290. The van der Waals surface area contributed by atoms with E-state index in [1.165, 1.54) is 11.7 Å². The van der Waals surface area contributed by atoms with Gasteiger partial charge in [-0.05, 0) is 42.3 Å². The van der Waals surface area contributed by atoms with Crippen LogP contribution in [0, 0.1) is 5.92 Å². The van der Waals surface area contributed by atoms with Crippen LogP contribution in [0.4, 0.5) is 5.69 Å².